The van der Waals surface area contributed by atoms with Crippen LogP contribution in [0.5, 0.6) is 17.2 Å². The number of nitrogens with one attached hydrogen (secondary N) is 1. The largest absolute Gasteiger partial charge is 0.497 e. The Bertz CT molecular complexity index is 964. The highest BCUT2D eigenvalue weighted by molar-refractivity contribution is 5.83. The molecule has 3 N–H and O–H groups in total. The first-order valence-electron chi connectivity index (χ1n) is 8.13. The number of rotatable bonds is 5. The first kappa shape index (κ1) is 15.5. The van der Waals surface area contributed by atoms with Crippen LogP contribution in [0.15, 0.2) is 47.3 Å². The third-order valence-electron chi connectivity index (χ3n) is 4.32. The van der Waals surface area contributed by atoms with Crippen LogP contribution in [0.3, 0.4) is 0 Å². The summed E-state index contributed by atoms with van der Waals surface area (Å²) in [5.74, 6) is 2.23. The topological polar surface area (TPSA) is 77.2 Å². The Hall–Kier alpha value is -2.99. The van der Waals surface area contributed by atoms with E-state index in [9.17, 15) is 4.79 Å². The Morgan fingerprint density at radius 2 is 1.84 bits per heavy atom. The normalized spacial score (nSPS) is 12.5. The lowest BCUT2D eigenvalue weighted by Gasteiger charge is -2.06. The molecule has 3 aromatic rings. The number of ether oxygens (including phenoxy) is 3. The monoisotopic (exact) mass is 339 g/mol. The van der Waals surface area contributed by atoms with E-state index in [0.717, 1.165) is 28.8 Å². The summed E-state index contributed by atoms with van der Waals surface area (Å²) in [5, 5.41) is 3.04. The molecule has 0 fully saturated rings. The van der Waals surface area contributed by atoms with Crippen LogP contribution < -0.4 is 25.1 Å². The van der Waals surface area contributed by atoms with Crippen molar-refractivity contribution >= 4 is 10.9 Å². The molecule has 0 amide bonds. The Morgan fingerprint density at radius 3 is 2.60 bits per heavy atom. The molecule has 4 rings (SSSR count). The van der Waals surface area contributed by atoms with Gasteiger partial charge in [-0.15, -0.1) is 0 Å². The van der Waals surface area contributed by atoms with Gasteiger partial charge in [0.2, 0.25) is 6.79 Å². The van der Waals surface area contributed by atoms with Gasteiger partial charge in [-0.2, -0.15) is 0 Å². The number of aromatic amines is 1. The number of hydrogen-bond acceptors (Lipinski definition) is 4. The summed E-state index contributed by atoms with van der Waals surface area (Å²) in [7, 11) is 1.65. The minimum atomic E-state index is -0.0719. The average Bonchev–Trinajstić information content (AvgIpc) is 3.08. The molecule has 1 aliphatic heterocycles. The SMILES string of the molecule is COc1ccc(C[NH2+]Cc2cc3cc4c(cc3[nH]c2=O)OCO4)cc1. The van der Waals surface area contributed by atoms with Crippen molar-refractivity contribution in [3.05, 3.63) is 63.9 Å². The zero-order valence-corrected chi connectivity index (χ0v) is 13.9. The van der Waals surface area contributed by atoms with E-state index < -0.39 is 0 Å². The van der Waals surface area contributed by atoms with E-state index in [4.69, 9.17) is 14.2 Å². The van der Waals surface area contributed by atoms with Gasteiger partial charge >= 0.3 is 0 Å². The van der Waals surface area contributed by atoms with Crippen molar-refractivity contribution in [1.29, 1.82) is 0 Å². The molecule has 0 aliphatic carbocycles. The molecule has 2 aromatic carbocycles. The van der Waals surface area contributed by atoms with E-state index >= 15 is 0 Å². The van der Waals surface area contributed by atoms with Gasteiger partial charge in [-0.3, -0.25) is 4.79 Å². The van der Waals surface area contributed by atoms with Crippen molar-refractivity contribution in [3.8, 4) is 17.2 Å². The summed E-state index contributed by atoms with van der Waals surface area (Å²) in [6, 6.07) is 13.6. The Labute approximate surface area is 144 Å². The summed E-state index contributed by atoms with van der Waals surface area (Å²) in [4.78, 5) is 15.2. The second kappa shape index (κ2) is 6.49. The summed E-state index contributed by atoms with van der Waals surface area (Å²) in [5.41, 5.74) is 2.60. The highest BCUT2D eigenvalue weighted by Gasteiger charge is 2.15. The summed E-state index contributed by atoms with van der Waals surface area (Å²) in [6.45, 7) is 1.62. The highest BCUT2D eigenvalue weighted by atomic mass is 16.7. The van der Waals surface area contributed by atoms with Crippen LogP contribution in [0.1, 0.15) is 11.1 Å². The maximum Gasteiger partial charge on any atom is 0.257 e. The fraction of sp³-hybridized carbons (Fsp3) is 0.211. The smallest absolute Gasteiger partial charge is 0.257 e. The lowest BCUT2D eigenvalue weighted by molar-refractivity contribution is -0.686. The molecule has 1 aliphatic rings. The van der Waals surface area contributed by atoms with Gasteiger partial charge in [-0.1, -0.05) is 0 Å². The molecule has 0 atom stereocenters. The van der Waals surface area contributed by atoms with Crippen molar-refractivity contribution < 1.29 is 19.5 Å². The van der Waals surface area contributed by atoms with E-state index in [2.05, 4.69) is 10.3 Å². The minimum absolute atomic E-state index is 0.0719. The molecule has 2 heterocycles. The van der Waals surface area contributed by atoms with Gasteiger partial charge < -0.3 is 24.5 Å². The van der Waals surface area contributed by atoms with Gasteiger partial charge in [-0.05, 0) is 36.4 Å². The molecule has 6 nitrogen and oxygen atoms in total. The molecule has 1 aromatic heterocycles. The number of aromatic nitrogens is 1. The molecule has 0 saturated carbocycles. The average molecular weight is 339 g/mol. The van der Waals surface area contributed by atoms with Crippen LogP contribution in [0.25, 0.3) is 10.9 Å². The number of H-pyrrole nitrogens is 1. The first-order chi connectivity index (χ1) is 12.2. The van der Waals surface area contributed by atoms with Gasteiger partial charge in [0.25, 0.3) is 5.56 Å². The molecule has 128 valence electrons. The van der Waals surface area contributed by atoms with Crippen LogP contribution in [0, 0.1) is 0 Å². The van der Waals surface area contributed by atoms with Crippen LogP contribution >= 0.6 is 0 Å². The molecule has 0 radical (unpaired) electrons. The number of benzene rings is 2. The van der Waals surface area contributed by atoms with Crippen molar-refractivity contribution in [2.45, 2.75) is 13.1 Å². The standard InChI is InChI=1S/C19H18N2O4/c1-23-15-4-2-12(3-5-15)9-20-10-14-6-13-7-17-18(25-11-24-17)8-16(13)21-19(14)22/h2-8,20H,9-11H2,1H3,(H,21,22)/p+1. The minimum Gasteiger partial charge on any atom is -0.497 e. The molecular formula is C19H19N2O4+. The van der Waals surface area contributed by atoms with Gasteiger partial charge in [-0.25, -0.2) is 0 Å². The number of methoxy groups -OCH3 is 1. The van der Waals surface area contributed by atoms with E-state index in [1.54, 1.807) is 7.11 Å². The first-order valence-corrected chi connectivity index (χ1v) is 8.13. The van der Waals surface area contributed by atoms with Gasteiger partial charge in [0.05, 0.1) is 18.2 Å². The third kappa shape index (κ3) is 3.16. The maximum atomic E-state index is 12.3. The molecule has 0 saturated heterocycles. The number of nitrogens with two attached hydrogens (primary N) is 1. The van der Waals surface area contributed by atoms with E-state index in [-0.39, 0.29) is 12.4 Å². The molecule has 0 bridgehead atoms. The molecule has 6 heteroatoms. The zero-order chi connectivity index (χ0) is 17.2. The number of hydrogen-bond donors (Lipinski definition) is 2. The van der Waals surface area contributed by atoms with Crippen LogP contribution in [-0.2, 0) is 13.1 Å². The lowest BCUT2D eigenvalue weighted by Crippen LogP contribution is -2.81. The predicted octanol–water partition coefficient (Wildman–Crippen LogP) is 1.53. The van der Waals surface area contributed by atoms with Gasteiger partial charge in [0, 0.05) is 17.0 Å². The third-order valence-corrected chi connectivity index (χ3v) is 4.32. The Kier molecular flexibility index (Phi) is 4.03. The maximum absolute atomic E-state index is 12.3. The highest BCUT2D eigenvalue weighted by Crippen LogP contribution is 2.35. The molecule has 0 unspecified atom stereocenters. The van der Waals surface area contributed by atoms with Crippen molar-refractivity contribution in [1.82, 2.24) is 4.98 Å². The fourth-order valence-electron chi connectivity index (χ4n) is 2.95. The number of fused-ring (bicyclic) bond motifs is 2. The molecule has 25 heavy (non-hydrogen) atoms. The van der Waals surface area contributed by atoms with Crippen LogP contribution in [0.4, 0.5) is 0 Å². The summed E-state index contributed by atoms with van der Waals surface area (Å²) in [6.07, 6.45) is 0. The molecular weight excluding hydrogens is 320 g/mol. The van der Waals surface area contributed by atoms with Crippen LogP contribution in [-0.4, -0.2) is 18.9 Å². The summed E-state index contributed by atoms with van der Waals surface area (Å²) < 4.78 is 15.9. The van der Waals surface area contributed by atoms with Crippen LogP contribution in [0.2, 0.25) is 0 Å². The predicted molar refractivity (Wildman–Crippen MR) is 93.0 cm³/mol. The van der Waals surface area contributed by atoms with Crippen molar-refractivity contribution in [3.63, 3.8) is 0 Å². The lowest BCUT2D eigenvalue weighted by atomic mass is 10.1. The van der Waals surface area contributed by atoms with E-state index in [0.29, 0.717) is 18.0 Å². The number of pyridine rings is 1. The van der Waals surface area contributed by atoms with Crippen molar-refractivity contribution in [2.24, 2.45) is 0 Å². The van der Waals surface area contributed by atoms with Gasteiger partial charge in [0.15, 0.2) is 11.5 Å². The molecule has 0 spiro atoms. The van der Waals surface area contributed by atoms with E-state index in [1.165, 1.54) is 5.56 Å². The zero-order valence-electron chi connectivity index (χ0n) is 13.9. The Balaban J connectivity index is 1.49. The number of quaternary nitrogens is 1. The second-order valence-corrected chi connectivity index (χ2v) is 5.96. The van der Waals surface area contributed by atoms with Gasteiger partial charge in [0.1, 0.15) is 18.8 Å². The summed E-state index contributed by atoms with van der Waals surface area (Å²) >= 11 is 0. The second-order valence-electron chi connectivity index (χ2n) is 5.96. The fourth-order valence-corrected chi connectivity index (χ4v) is 2.95. The quantitative estimate of drug-likeness (QED) is 0.739. The van der Waals surface area contributed by atoms with E-state index in [1.807, 2.05) is 42.5 Å². The van der Waals surface area contributed by atoms with Crippen molar-refractivity contribution in [2.75, 3.05) is 13.9 Å². The Morgan fingerprint density at radius 1 is 1.08 bits per heavy atom.